The molecule has 1 aliphatic rings. The highest BCUT2D eigenvalue weighted by Crippen LogP contribution is 2.28. The third kappa shape index (κ3) is 3.22. The first-order valence-electron chi connectivity index (χ1n) is 8.99. The molecule has 1 fully saturated rings. The second kappa shape index (κ2) is 7.24. The second-order valence-corrected chi connectivity index (χ2v) is 7.11. The lowest BCUT2D eigenvalue weighted by Gasteiger charge is -2.17. The molecule has 1 aliphatic heterocycles. The van der Waals surface area contributed by atoms with E-state index in [1.54, 1.807) is 17.0 Å². The number of fused-ring (bicyclic) bond motifs is 1. The summed E-state index contributed by atoms with van der Waals surface area (Å²) in [6, 6.07) is 8.99. The number of anilines is 1. The molecule has 144 valence electrons. The average Bonchev–Trinajstić information content (AvgIpc) is 3.25. The van der Waals surface area contributed by atoms with Gasteiger partial charge in [-0.05, 0) is 43.2 Å². The van der Waals surface area contributed by atoms with Crippen LogP contribution in [0.25, 0.3) is 11.2 Å². The van der Waals surface area contributed by atoms with Gasteiger partial charge in [-0.1, -0.05) is 17.7 Å². The standard InChI is InChI=1S/C20H19ClN4O3/c1-12-22-16-7-8-17(20(27)28-2)23-19(16)25(12)11-13-5-6-14(10-15(13)21)24-9-3-4-18(24)26/h5-8,10H,3-4,9,11H2,1-2H3. The summed E-state index contributed by atoms with van der Waals surface area (Å²) in [6.45, 7) is 3.05. The Hall–Kier alpha value is -2.93. The molecule has 28 heavy (non-hydrogen) atoms. The zero-order chi connectivity index (χ0) is 19.8. The van der Waals surface area contributed by atoms with Crippen molar-refractivity contribution in [2.75, 3.05) is 18.6 Å². The van der Waals surface area contributed by atoms with E-state index in [1.165, 1.54) is 7.11 Å². The van der Waals surface area contributed by atoms with Gasteiger partial charge in [0, 0.05) is 23.7 Å². The van der Waals surface area contributed by atoms with Gasteiger partial charge in [-0.25, -0.2) is 14.8 Å². The fourth-order valence-electron chi connectivity index (χ4n) is 3.45. The number of ether oxygens (including phenoxy) is 1. The molecule has 1 amide bonds. The van der Waals surface area contributed by atoms with Gasteiger partial charge in [-0.15, -0.1) is 0 Å². The molecule has 0 atom stereocenters. The second-order valence-electron chi connectivity index (χ2n) is 6.70. The van der Waals surface area contributed by atoms with Crippen LogP contribution in [0, 0.1) is 6.92 Å². The number of aryl methyl sites for hydroxylation is 1. The van der Waals surface area contributed by atoms with Gasteiger partial charge < -0.3 is 14.2 Å². The molecule has 1 aromatic carbocycles. The summed E-state index contributed by atoms with van der Waals surface area (Å²) in [5, 5.41) is 0.572. The van der Waals surface area contributed by atoms with Gasteiger partial charge in [0.1, 0.15) is 11.3 Å². The molecule has 0 unspecified atom stereocenters. The van der Waals surface area contributed by atoms with E-state index in [0.717, 1.165) is 30.0 Å². The van der Waals surface area contributed by atoms with Gasteiger partial charge in [0.05, 0.1) is 13.7 Å². The number of halogens is 1. The van der Waals surface area contributed by atoms with Gasteiger partial charge in [0.2, 0.25) is 5.91 Å². The molecule has 0 aliphatic carbocycles. The summed E-state index contributed by atoms with van der Waals surface area (Å²) in [5.74, 6) is 0.393. The normalized spacial score (nSPS) is 14.1. The van der Waals surface area contributed by atoms with E-state index in [1.807, 2.05) is 29.7 Å². The largest absolute Gasteiger partial charge is 0.464 e. The van der Waals surface area contributed by atoms with E-state index in [-0.39, 0.29) is 11.6 Å². The van der Waals surface area contributed by atoms with Crippen LogP contribution in [0.3, 0.4) is 0 Å². The Morgan fingerprint density at radius 1 is 1.25 bits per heavy atom. The number of imidazole rings is 1. The summed E-state index contributed by atoms with van der Waals surface area (Å²) in [7, 11) is 1.32. The topological polar surface area (TPSA) is 77.3 Å². The van der Waals surface area contributed by atoms with Gasteiger partial charge in [-0.2, -0.15) is 0 Å². The summed E-state index contributed by atoms with van der Waals surface area (Å²) in [5.41, 5.74) is 3.21. The number of rotatable bonds is 4. The minimum Gasteiger partial charge on any atom is -0.464 e. The lowest BCUT2D eigenvalue weighted by molar-refractivity contribution is -0.117. The van der Waals surface area contributed by atoms with Gasteiger partial charge >= 0.3 is 5.97 Å². The van der Waals surface area contributed by atoms with E-state index >= 15 is 0 Å². The summed E-state index contributed by atoms with van der Waals surface area (Å²) in [4.78, 5) is 34.4. The molecular formula is C20H19ClN4O3. The maximum absolute atomic E-state index is 12.0. The molecule has 0 saturated carbocycles. The van der Waals surface area contributed by atoms with Crippen molar-refractivity contribution in [3.05, 3.63) is 52.4 Å². The smallest absolute Gasteiger partial charge is 0.356 e. The van der Waals surface area contributed by atoms with Crippen LogP contribution in [-0.2, 0) is 16.1 Å². The van der Waals surface area contributed by atoms with Crippen molar-refractivity contribution in [1.82, 2.24) is 14.5 Å². The summed E-state index contributed by atoms with van der Waals surface area (Å²) < 4.78 is 6.66. The van der Waals surface area contributed by atoms with Gasteiger partial charge in [0.15, 0.2) is 11.3 Å². The third-order valence-corrected chi connectivity index (χ3v) is 5.28. The number of carbonyl (C=O) groups is 2. The third-order valence-electron chi connectivity index (χ3n) is 4.93. The van der Waals surface area contributed by atoms with E-state index in [4.69, 9.17) is 16.3 Å². The maximum Gasteiger partial charge on any atom is 0.356 e. The zero-order valence-electron chi connectivity index (χ0n) is 15.6. The van der Waals surface area contributed by atoms with Crippen LogP contribution in [0.4, 0.5) is 5.69 Å². The van der Waals surface area contributed by atoms with Crippen molar-refractivity contribution in [2.45, 2.75) is 26.3 Å². The van der Waals surface area contributed by atoms with Crippen molar-refractivity contribution in [1.29, 1.82) is 0 Å². The molecule has 8 heteroatoms. The predicted molar refractivity (Wildman–Crippen MR) is 106 cm³/mol. The Kier molecular flexibility index (Phi) is 4.77. The molecule has 3 aromatic rings. The average molecular weight is 399 g/mol. The summed E-state index contributed by atoms with van der Waals surface area (Å²) in [6.07, 6.45) is 1.44. The molecule has 0 radical (unpaired) electrons. The van der Waals surface area contributed by atoms with Crippen LogP contribution in [-0.4, -0.2) is 40.1 Å². The van der Waals surface area contributed by atoms with E-state index in [0.29, 0.717) is 29.2 Å². The zero-order valence-corrected chi connectivity index (χ0v) is 16.4. The lowest BCUT2D eigenvalue weighted by Crippen LogP contribution is -2.23. The molecule has 4 rings (SSSR count). The van der Waals surface area contributed by atoms with Crippen molar-refractivity contribution in [3.8, 4) is 0 Å². The predicted octanol–water partition coefficient (Wildman–Crippen LogP) is 3.35. The van der Waals surface area contributed by atoms with Crippen molar-refractivity contribution in [2.24, 2.45) is 0 Å². The quantitative estimate of drug-likeness (QED) is 0.630. The number of pyridine rings is 1. The lowest BCUT2D eigenvalue weighted by atomic mass is 10.2. The molecule has 7 nitrogen and oxygen atoms in total. The number of methoxy groups -OCH3 is 1. The molecule has 0 spiro atoms. The fraction of sp³-hybridized carbons (Fsp3) is 0.300. The first kappa shape index (κ1) is 18.4. The molecule has 0 bridgehead atoms. The number of hydrogen-bond donors (Lipinski definition) is 0. The number of carbonyl (C=O) groups excluding carboxylic acids is 2. The molecule has 3 heterocycles. The van der Waals surface area contributed by atoms with Gasteiger partial charge in [0.25, 0.3) is 0 Å². The maximum atomic E-state index is 12.0. The number of nitrogens with zero attached hydrogens (tertiary/aromatic N) is 4. The van der Waals surface area contributed by atoms with E-state index in [9.17, 15) is 9.59 Å². The highest BCUT2D eigenvalue weighted by molar-refractivity contribution is 6.31. The molecule has 1 saturated heterocycles. The van der Waals surface area contributed by atoms with Crippen LogP contribution in [0.5, 0.6) is 0 Å². The van der Waals surface area contributed by atoms with Crippen molar-refractivity contribution in [3.63, 3.8) is 0 Å². The van der Waals surface area contributed by atoms with Crippen LogP contribution in [0.15, 0.2) is 30.3 Å². The van der Waals surface area contributed by atoms with Gasteiger partial charge in [-0.3, -0.25) is 4.79 Å². The number of amides is 1. The van der Waals surface area contributed by atoms with Crippen LogP contribution < -0.4 is 4.90 Å². The van der Waals surface area contributed by atoms with Crippen LogP contribution in [0.2, 0.25) is 5.02 Å². The minimum atomic E-state index is -0.495. The Morgan fingerprint density at radius 3 is 2.75 bits per heavy atom. The number of esters is 1. The highest BCUT2D eigenvalue weighted by atomic mass is 35.5. The highest BCUT2D eigenvalue weighted by Gasteiger charge is 2.22. The van der Waals surface area contributed by atoms with Crippen molar-refractivity contribution >= 4 is 40.3 Å². The monoisotopic (exact) mass is 398 g/mol. The minimum absolute atomic E-state index is 0.125. The Morgan fingerprint density at radius 2 is 2.07 bits per heavy atom. The number of aromatic nitrogens is 3. The van der Waals surface area contributed by atoms with E-state index < -0.39 is 5.97 Å². The fourth-order valence-corrected chi connectivity index (χ4v) is 3.68. The molecule has 0 N–H and O–H groups in total. The molecular weight excluding hydrogens is 380 g/mol. The number of benzene rings is 1. The Bertz CT molecular complexity index is 1090. The Balaban J connectivity index is 1.68. The molecule has 2 aromatic heterocycles. The first-order valence-corrected chi connectivity index (χ1v) is 9.36. The van der Waals surface area contributed by atoms with Crippen molar-refractivity contribution < 1.29 is 14.3 Å². The first-order chi connectivity index (χ1) is 13.5. The van der Waals surface area contributed by atoms with E-state index in [2.05, 4.69) is 9.97 Å². The number of hydrogen-bond acceptors (Lipinski definition) is 5. The Labute approximate surface area is 166 Å². The summed E-state index contributed by atoms with van der Waals surface area (Å²) >= 11 is 6.51. The van der Waals surface area contributed by atoms with Crippen LogP contribution >= 0.6 is 11.6 Å². The van der Waals surface area contributed by atoms with Crippen LogP contribution in [0.1, 0.15) is 34.7 Å². The SMILES string of the molecule is COC(=O)c1ccc2nc(C)n(Cc3ccc(N4CCCC4=O)cc3Cl)c2n1.